The monoisotopic (exact) mass is 343 g/mol. The first-order valence-electron chi connectivity index (χ1n) is 7.45. The maximum atomic E-state index is 12.8. The third kappa shape index (κ3) is 3.13. The minimum Gasteiger partial charge on any atom is -0.339 e. The Balaban J connectivity index is 1.79. The number of imidazole rings is 1. The van der Waals surface area contributed by atoms with Gasteiger partial charge in [0.25, 0.3) is 11.7 Å². The van der Waals surface area contributed by atoms with Gasteiger partial charge in [0.05, 0.1) is 0 Å². The van der Waals surface area contributed by atoms with Crippen molar-refractivity contribution in [2.45, 2.75) is 31.9 Å². The van der Waals surface area contributed by atoms with Gasteiger partial charge in [0.15, 0.2) is 5.69 Å². The zero-order valence-electron chi connectivity index (χ0n) is 13.2. The molecule has 0 saturated carbocycles. The first-order chi connectivity index (χ1) is 11.3. The van der Waals surface area contributed by atoms with E-state index in [1.807, 2.05) is 0 Å². The molecule has 0 N–H and O–H groups in total. The maximum absolute atomic E-state index is 12.8. The Morgan fingerprint density at radius 3 is 2.71 bits per heavy atom. The van der Waals surface area contributed by atoms with Crippen LogP contribution in [-0.4, -0.2) is 43.6 Å². The number of nitrogens with zero attached hydrogens (tertiary/aromatic N) is 5. The Kier molecular flexibility index (Phi) is 4.06. The third-order valence-corrected chi connectivity index (χ3v) is 4.00. The number of rotatable bonds is 2. The predicted octanol–water partition coefficient (Wildman–Crippen LogP) is 2.15. The highest BCUT2D eigenvalue weighted by Crippen LogP contribution is 2.32. The molecule has 7 nitrogen and oxygen atoms in total. The lowest BCUT2D eigenvalue weighted by Gasteiger charge is -2.31. The summed E-state index contributed by atoms with van der Waals surface area (Å²) in [6.45, 7) is 2.35. The van der Waals surface area contributed by atoms with Gasteiger partial charge in [-0.3, -0.25) is 4.79 Å². The molecule has 1 unspecified atom stereocenters. The topological polar surface area (TPSA) is 77.1 Å². The molecule has 1 saturated heterocycles. The van der Waals surface area contributed by atoms with Crippen molar-refractivity contribution in [3.63, 3.8) is 0 Å². The van der Waals surface area contributed by atoms with Gasteiger partial charge < -0.3 is 14.0 Å². The molecule has 2 aromatic rings. The van der Waals surface area contributed by atoms with Crippen LogP contribution in [0.4, 0.5) is 13.2 Å². The Bertz CT molecular complexity index is 752. The number of hydrogen-bond donors (Lipinski definition) is 0. The molecule has 1 fully saturated rings. The molecule has 3 rings (SSSR count). The molecule has 0 aliphatic carbocycles. The van der Waals surface area contributed by atoms with Crippen molar-refractivity contribution in [1.29, 1.82) is 0 Å². The largest absolute Gasteiger partial charge is 0.434 e. The number of hydrogen-bond acceptors (Lipinski definition) is 5. The highest BCUT2D eigenvalue weighted by atomic mass is 19.4. The molecule has 1 atom stereocenters. The summed E-state index contributed by atoms with van der Waals surface area (Å²) in [4.78, 5) is 21.5. The second kappa shape index (κ2) is 5.91. The van der Waals surface area contributed by atoms with Crippen molar-refractivity contribution in [1.82, 2.24) is 24.6 Å². The summed E-state index contributed by atoms with van der Waals surface area (Å²) < 4.78 is 44.6. The van der Waals surface area contributed by atoms with Crippen LogP contribution < -0.4 is 0 Å². The van der Waals surface area contributed by atoms with Gasteiger partial charge in [-0.1, -0.05) is 5.16 Å². The lowest BCUT2D eigenvalue weighted by molar-refractivity contribution is -0.141. The third-order valence-electron chi connectivity index (χ3n) is 4.00. The second-order valence-electron chi connectivity index (χ2n) is 5.82. The summed E-state index contributed by atoms with van der Waals surface area (Å²) in [6, 6.07) is 0. The fourth-order valence-corrected chi connectivity index (χ4v) is 2.90. The van der Waals surface area contributed by atoms with Crippen LogP contribution in [0.3, 0.4) is 0 Å². The van der Waals surface area contributed by atoms with Crippen LogP contribution in [0.5, 0.6) is 0 Å². The summed E-state index contributed by atoms with van der Waals surface area (Å²) in [5, 5.41) is 3.60. The number of halogens is 3. The van der Waals surface area contributed by atoms with Gasteiger partial charge in [0.2, 0.25) is 5.89 Å². The van der Waals surface area contributed by atoms with E-state index >= 15 is 0 Å². The van der Waals surface area contributed by atoms with Crippen LogP contribution >= 0.6 is 0 Å². The van der Waals surface area contributed by atoms with E-state index in [1.54, 1.807) is 6.92 Å². The Labute approximate surface area is 135 Å². The first kappa shape index (κ1) is 16.5. The van der Waals surface area contributed by atoms with Gasteiger partial charge in [-0.25, -0.2) is 4.98 Å². The lowest BCUT2D eigenvalue weighted by atomic mass is 9.97. The highest BCUT2D eigenvalue weighted by Gasteiger charge is 2.36. The Morgan fingerprint density at radius 1 is 1.38 bits per heavy atom. The number of piperidine rings is 1. The molecule has 0 spiro atoms. The Hall–Kier alpha value is -2.39. The van der Waals surface area contributed by atoms with Gasteiger partial charge in [0.1, 0.15) is 5.82 Å². The van der Waals surface area contributed by atoms with E-state index in [0.717, 1.165) is 6.20 Å². The van der Waals surface area contributed by atoms with E-state index in [9.17, 15) is 18.0 Å². The molecule has 3 heterocycles. The zero-order chi connectivity index (χ0) is 17.5. The van der Waals surface area contributed by atoms with E-state index in [2.05, 4.69) is 15.1 Å². The highest BCUT2D eigenvalue weighted by molar-refractivity contribution is 5.90. The van der Waals surface area contributed by atoms with Crippen molar-refractivity contribution < 1.29 is 22.5 Å². The van der Waals surface area contributed by atoms with Gasteiger partial charge in [-0.15, -0.1) is 0 Å². The Morgan fingerprint density at radius 2 is 2.12 bits per heavy atom. The van der Waals surface area contributed by atoms with Gasteiger partial charge >= 0.3 is 6.18 Å². The summed E-state index contributed by atoms with van der Waals surface area (Å²) in [7, 11) is 1.53. The molecule has 1 aliphatic rings. The normalized spacial score (nSPS) is 18.9. The SMILES string of the molecule is Cc1nc(C(=O)N2CCCC(c3nc(C(F)(F)F)cn3C)C2)no1. The number of carbonyl (C=O) groups is 1. The van der Waals surface area contributed by atoms with E-state index in [-0.39, 0.29) is 30.1 Å². The summed E-state index contributed by atoms with van der Waals surface area (Å²) in [6.07, 6.45) is -2.18. The lowest BCUT2D eigenvalue weighted by Crippen LogP contribution is -2.40. The van der Waals surface area contributed by atoms with Gasteiger partial charge in [0, 0.05) is 39.2 Å². The van der Waals surface area contributed by atoms with Crippen molar-refractivity contribution in [2.24, 2.45) is 7.05 Å². The summed E-state index contributed by atoms with van der Waals surface area (Å²) in [5.74, 6) is -0.0856. The minimum absolute atomic E-state index is 0.0380. The molecule has 2 aromatic heterocycles. The molecular weight excluding hydrogens is 327 g/mol. The van der Waals surface area contributed by atoms with Crippen molar-refractivity contribution in [2.75, 3.05) is 13.1 Å². The fourth-order valence-electron chi connectivity index (χ4n) is 2.90. The first-order valence-corrected chi connectivity index (χ1v) is 7.45. The van der Waals surface area contributed by atoms with Crippen LogP contribution in [0.15, 0.2) is 10.7 Å². The molecule has 1 aliphatic heterocycles. The number of carbonyl (C=O) groups excluding carboxylic acids is 1. The van der Waals surface area contributed by atoms with Crippen LogP contribution in [0.1, 0.15) is 46.8 Å². The smallest absolute Gasteiger partial charge is 0.339 e. The molecule has 0 bridgehead atoms. The van der Waals surface area contributed by atoms with E-state index in [0.29, 0.717) is 25.2 Å². The molecule has 130 valence electrons. The average Bonchev–Trinajstić information content (AvgIpc) is 3.12. The predicted molar refractivity (Wildman–Crippen MR) is 75.1 cm³/mol. The van der Waals surface area contributed by atoms with Gasteiger partial charge in [-0.2, -0.15) is 18.2 Å². The number of amides is 1. The van der Waals surface area contributed by atoms with Crippen LogP contribution in [0.25, 0.3) is 0 Å². The molecule has 1 amide bonds. The molecular formula is C14H16F3N5O2. The number of aromatic nitrogens is 4. The number of aryl methyl sites for hydroxylation is 2. The zero-order valence-corrected chi connectivity index (χ0v) is 13.2. The standard InChI is InChI=1S/C14H16F3N5O2/c1-8-18-11(20-24-8)13(23)22-5-3-4-9(6-22)12-19-10(7-21(12)2)14(15,16)17/h7,9H,3-6H2,1-2H3. The van der Waals surface area contributed by atoms with E-state index < -0.39 is 11.9 Å². The van der Waals surface area contributed by atoms with Crippen molar-refractivity contribution >= 4 is 5.91 Å². The van der Waals surface area contributed by atoms with Crippen molar-refractivity contribution in [3.05, 3.63) is 29.4 Å². The van der Waals surface area contributed by atoms with Crippen LogP contribution in [-0.2, 0) is 13.2 Å². The van der Waals surface area contributed by atoms with E-state index in [4.69, 9.17) is 4.52 Å². The number of alkyl halides is 3. The quantitative estimate of drug-likeness (QED) is 0.835. The number of likely N-dealkylation sites (tertiary alicyclic amines) is 1. The van der Waals surface area contributed by atoms with Crippen molar-refractivity contribution in [3.8, 4) is 0 Å². The molecule has 10 heteroatoms. The van der Waals surface area contributed by atoms with Crippen LogP contribution in [0, 0.1) is 6.92 Å². The minimum atomic E-state index is -4.48. The molecule has 0 radical (unpaired) electrons. The van der Waals surface area contributed by atoms with E-state index in [1.165, 1.54) is 16.5 Å². The second-order valence-corrected chi connectivity index (χ2v) is 5.82. The molecule has 0 aromatic carbocycles. The van der Waals surface area contributed by atoms with Gasteiger partial charge in [-0.05, 0) is 12.8 Å². The average molecular weight is 343 g/mol. The summed E-state index contributed by atoms with van der Waals surface area (Å²) >= 11 is 0. The fraction of sp³-hybridized carbons (Fsp3) is 0.571. The molecule has 24 heavy (non-hydrogen) atoms. The summed E-state index contributed by atoms with van der Waals surface area (Å²) in [5.41, 5.74) is -0.919. The maximum Gasteiger partial charge on any atom is 0.434 e. The van der Waals surface area contributed by atoms with Crippen LogP contribution in [0.2, 0.25) is 0 Å².